The number of aryl methyl sites for hydroxylation is 1. The van der Waals surface area contributed by atoms with E-state index < -0.39 is 23.4 Å². The van der Waals surface area contributed by atoms with Gasteiger partial charge in [-0.25, -0.2) is 8.78 Å². The fraction of sp³-hybridized carbons (Fsp3) is 0.158. The standard InChI is InChI=1S/C19H13F5/c1-2-11-6-7-15-12(8-11)4-3-5-14(15)13-9-16(20)18(17(21)10-13)19(22,23)24/h3-10H,2H2,1H3. The maximum absolute atomic E-state index is 13.9. The first kappa shape index (κ1) is 16.4. The van der Waals surface area contributed by atoms with Crippen LogP contribution in [0.4, 0.5) is 22.0 Å². The highest BCUT2D eigenvalue weighted by Crippen LogP contribution is 2.37. The van der Waals surface area contributed by atoms with Crippen LogP contribution >= 0.6 is 0 Å². The van der Waals surface area contributed by atoms with Gasteiger partial charge < -0.3 is 0 Å². The van der Waals surface area contributed by atoms with Crippen molar-refractivity contribution < 1.29 is 22.0 Å². The van der Waals surface area contributed by atoms with Crippen LogP contribution < -0.4 is 0 Å². The Balaban J connectivity index is 2.21. The van der Waals surface area contributed by atoms with Crippen molar-refractivity contribution in [2.45, 2.75) is 19.5 Å². The maximum atomic E-state index is 13.9. The average Bonchev–Trinajstić information content (AvgIpc) is 2.51. The van der Waals surface area contributed by atoms with Gasteiger partial charge in [-0.2, -0.15) is 13.2 Å². The molecule has 0 saturated carbocycles. The lowest BCUT2D eigenvalue weighted by Crippen LogP contribution is -2.11. The van der Waals surface area contributed by atoms with E-state index >= 15 is 0 Å². The Hall–Kier alpha value is -2.43. The second-order valence-electron chi connectivity index (χ2n) is 5.53. The lowest BCUT2D eigenvalue weighted by Gasteiger charge is -2.13. The molecule has 0 heterocycles. The summed E-state index contributed by atoms with van der Waals surface area (Å²) in [5.74, 6) is -3.22. The molecule has 0 amide bonds. The van der Waals surface area contributed by atoms with E-state index in [1.54, 1.807) is 12.1 Å². The van der Waals surface area contributed by atoms with Gasteiger partial charge in [-0.15, -0.1) is 0 Å². The summed E-state index contributed by atoms with van der Waals surface area (Å²) in [4.78, 5) is 0. The summed E-state index contributed by atoms with van der Waals surface area (Å²) in [7, 11) is 0. The van der Waals surface area contributed by atoms with Crippen molar-refractivity contribution in [1.82, 2.24) is 0 Å². The van der Waals surface area contributed by atoms with Crippen LogP contribution in [-0.4, -0.2) is 0 Å². The van der Waals surface area contributed by atoms with Crippen LogP contribution in [0.1, 0.15) is 18.1 Å². The number of fused-ring (bicyclic) bond motifs is 1. The predicted molar refractivity (Wildman–Crippen MR) is 83.7 cm³/mol. The molecule has 24 heavy (non-hydrogen) atoms. The van der Waals surface area contributed by atoms with Crippen molar-refractivity contribution in [3.63, 3.8) is 0 Å². The van der Waals surface area contributed by atoms with E-state index in [2.05, 4.69) is 0 Å². The summed E-state index contributed by atoms with van der Waals surface area (Å²) >= 11 is 0. The number of rotatable bonds is 2. The van der Waals surface area contributed by atoms with Crippen molar-refractivity contribution in [2.75, 3.05) is 0 Å². The van der Waals surface area contributed by atoms with Crippen LogP contribution in [0.5, 0.6) is 0 Å². The van der Waals surface area contributed by atoms with Gasteiger partial charge in [0.15, 0.2) is 0 Å². The molecular weight excluding hydrogens is 323 g/mol. The van der Waals surface area contributed by atoms with Crippen molar-refractivity contribution in [2.24, 2.45) is 0 Å². The molecule has 0 saturated heterocycles. The Labute approximate surface area is 135 Å². The van der Waals surface area contributed by atoms with E-state index in [4.69, 9.17) is 0 Å². The summed E-state index contributed by atoms with van der Waals surface area (Å²) in [6.45, 7) is 2.01. The van der Waals surface area contributed by atoms with Gasteiger partial charge in [-0.05, 0) is 46.0 Å². The van der Waals surface area contributed by atoms with Crippen molar-refractivity contribution in [3.05, 3.63) is 71.3 Å². The van der Waals surface area contributed by atoms with Gasteiger partial charge in [0.2, 0.25) is 0 Å². The van der Waals surface area contributed by atoms with Gasteiger partial charge in [-0.1, -0.05) is 43.3 Å². The Morgan fingerprint density at radius 2 is 1.54 bits per heavy atom. The molecule has 0 aliphatic heterocycles. The van der Waals surface area contributed by atoms with Crippen molar-refractivity contribution in [3.8, 4) is 11.1 Å². The SMILES string of the molecule is CCc1ccc2c(-c3cc(F)c(C(F)(F)F)c(F)c3)cccc2c1. The number of benzene rings is 3. The Morgan fingerprint density at radius 1 is 0.875 bits per heavy atom. The third-order valence-corrected chi connectivity index (χ3v) is 3.99. The number of hydrogen-bond acceptors (Lipinski definition) is 0. The largest absolute Gasteiger partial charge is 0.422 e. The van der Waals surface area contributed by atoms with E-state index in [1.807, 2.05) is 31.2 Å². The maximum Gasteiger partial charge on any atom is 0.422 e. The van der Waals surface area contributed by atoms with Crippen LogP contribution in [0.25, 0.3) is 21.9 Å². The zero-order chi connectivity index (χ0) is 17.5. The topological polar surface area (TPSA) is 0 Å². The van der Waals surface area contributed by atoms with Crippen LogP contribution in [-0.2, 0) is 12.6 Å². The fourth-order valence-electron chi connectivity index (χ4n) is 2.80. The molecule has 0 radical (unpaired) electrons. The molecule has 0 N–H and O–H groups in total. The molecule has 0 bridgehead atoms. The highest BCUT2D eigenvalue weighted by molar-refractivity contribution is 5.97. The quantitative estimate of drug-likeness (QED) is 0.477. The number of halogens is 5. The van der Waals surface area contributed by atoms with Crippen LogP contribution in [0, 0.1) is 11.6 Å². The van der Waals surface area contributed by atoms with E-state index in [0.29, 0.717) is 5.56 Å². The monoisotopic (exact) mass is 336 g/mol. The number of hydrogen-bond donors (Lipinski definition) is 0. The Morgan fingerprint density at radius 3 is 2.12 bits per heavy atom. The van der Waals surface area contributed by atoms with Crippen LogP contribution in [0.15, 0.2) is 48.5 Å². The van der Waals surface area contributed by atoms with E-state index in [1.165, 1.54) is 0 Å². The summed E-state index contributed by atoms with van der Waals surface area (Å²) in [5.41, 5.74) is -0.196. The third kappa shape index (κ3) is 2.86. The zero-order valence-electron chi connectivity index (χ0n) is 12.7. The lowest BCUT2D eigenvalue weighted by molar-refractivity contribution is -0.142. The molecule has 3 aromatic rings. The molecule has 0 aliphatic carbocycles. The molecule has 0 aromatic heterocycles. The minimum Gasteiger partial charge on any atom is -0.206 e. The van der Waals surface area contributed by atoms with Crippen LogP contribution in [0.3, 0.4) is 0 Å². The van der Waals surface area contributed by atoms with Crippen LogP contribution in [0.2, 0.25) is 0 Å². The van der Waals surface area contributed by atoms with E-state index in [-0.39, 0.29) is 5.56 Å². The molecule has 0 nitrogen and oxygen atoms in total. The van der Waals surface area contributed by atoms with Crippen molar-refractivity contribution >= 4 is 10.8 Å². The molecule has 3 rings (SSSR count). The average molecular weight is 336 g/mol. The Bertz CT molecular complexity index is 886. The third-order valence-electron chi connectivity index (χ3n) is 3.99. The van der Waals surface area contributed by atoms with Gasteiger partial charge in [-0.3, -0.25) is 0 Å². The van der Waals surface area contributed by atoms with E-state index in [9.17, 15) is 22.0 Å². The molecule has 0 fully saturated rings. The minimum atomic E-state index is -5.07. The summed E-state index contributed by atoms with van der Waals surface area (Å²) in [5, 5.41) is 1.60. The van der Waals surface area contributed by atoms with E-state index in [0.717, 1.165) is 34.9 Å². The highest BCUT2D eigenvalue weighted by Gasteiger charge is 2.38. The lowest BCUT2D eigenvalue weighted by atomic mass is 9.95. The first-order chi connectivity index (χ1) is 11.3. The number of alkyl halides is 3. The van der Waals surface area contributed by atoms with Gasteiger partial charge in [0.25, 0.3) is 0 Å². The fourth-order valence-corrected chi connectivity index (χ4v) is 2.80. The van der Waals surface area contributed by atoms with Gasteiger partial charge in [0.1, 0.15) is 17.2 Å². The molecular formula is C19H13F5. The smallest absolute Gasteiger partial charge is 0.206 e. The first-order valence-electron chi connectivity index (χ1n) is 7.39. The molecule has 0 aliphatic rings. The molecule has 0 atom stereocenters. The van der Waals surface area contributed by atoms with Gasteiger partial charge >= 0.3 is 6.18 Å². The minimum absolute atomic E-state index is 0.0767. The second-order valence-corrected chi connectivity index (χ2v) is 5.53. The van der Waals surface area contributed by atoms with Gasteiger partial charge in [0.05, 0.1) is 0 Å². The molecule has 3 aromatic carbocycles. The highest BCUT2D eigenvalue weighted by atomic mass is 19.4. The summed E-state index contributed by atoms with van der Waals surface area (Å²) in [6.07, 6.45) is -4.23. The second kappa shape index (κ2) is 5.89. The molecule has 0 spiro atoms. The zero-order valence-corrected chi connectivity index (χ0v) is 12.7. The Kier molecular flexibility index (Phi) is 4.03. The predicted octanol–water partition coefficient (Wildman–Crippen LogP) is 6.37. The first-order valence-corrected chi connectivity index (χ1v) is 7.39. The summed E-state index contributed by atoms with van der Waals surface area (Å²) < 4.78 is 65.8. The summed E-state index contributed by atoms with van der Waals surface area (Å²) in [6, 6.07) is 12.3. The molecule has 124 valence electrons. The normalized spacial score (nSPS) is 11.9. The van der Waals surface area contributed by atoms with Gasteiger partial charge in [0, 0.05) is 0 Å². The molecule has 0 unspecified atom stereocenters. The van der Waals surface area contributed by atoms with Crippen molar-refractivity contribution in [1.29, 1.82) is 0 Å². The molecule has 5 heteroatoms.